The Morgan fingerprint density at radius 2 is 2.32 bits per heavy atom. The molecule has 0 amide bonds. The Kier molecular flexibility index (Phi) is 6.80. The summed E-state index contributed by atoms with van der Waals surface area (Å²) in [5, 5.41) is 0.968. The number of thioether (sulfide) groups is 1. The van der Waals surface area contributed by atoms with E-state index in [2.05, 4.69) is 9.97 Å². The Balaban J connectivity index is 2.18. The van der Waals surface area contributed by atoms with Crippen LogP contribution in [0.4, 0.5) is 0 Å². The quantitative estimate of drug-likeness (QED) is 0.340. The Hall–Kier alpha value is -1.14. The number of hydrogen-bond acceptors (Lipinski definition) is 6. The van der Waals surface area contributed by atoms with E-state index in [0.29, 0.717) is 13.0 Å². The lowest BCUT2D eigenvalue weighted by Crippen LogP contribution is -2.46. The summed E-state index contributed by atoms with van der Waals surface area (Å²) in [6.07, 6.45) is 5.79. The highest BCUT2D eigenvalue weighted by Crippen LogP contribution is 2.18. The van der Waals surface area contributed by atoms with Gasteiger partial charge in [-0.05, 0) is 38.5 Å². The van der Waals surface area contributed by atoms with Crippen molar-refractivity contribution in [2.24, 2.45) is 5.73 Å². The van der Waals surface area contributed by atoms with E-state index in [1.54, 1.807) is 38.1 Å². The fourth-order valence-electron chi connectivity index (χ4n) is 1.53. The molecule has 1 heterocycles. The number of unbranched alkanes of at least 4 members (excludes halogenated alkanes) is 1. The van der Waals surface area contributed by atoms with Crippen LogP contribution in [0.15, 0.2) is 23.6 Å². The van der Waals surface area contributed by atoms with Crippen LogP contribution in [0.1, 0.15) is 33.1 Å². The molecule has 19 heavy (non-hydrogen) atoms. The topological polar surface area (TPSA) is 78.1 Å². The first-order valence-electron chi connectivity index (χ1n) is 6.41. The molecule has 5 nitrogen and oxygen atoms in total. The highest BCUT2D eigenvalue weighted by Gasteiger charge is 2.28. The van der Waals surface area contributed by atoms with Crippen LogP contribution in [0.25, 0.3) is 0 Å². The Bertz CT molecular complexity index is 385. The molecule has 0 bridgehead atoms. The maximum atomic E-state index is 11.6. The summed E-state index contributed by atoms with van der Waals surface area (Å²) < 4.78 is 4.95. The van der Waals surface area contributed by atoms with E-state index in [9.17, 15) is 4.79 Å². The summed E-state index contributed by atoms with van der Waals surface area (Å²) >= 11 is 1.68. The van der Waals surface area contributed by atoms with Crippen LogP contribution in [0.2, 0.25) is 0 Å². The number of esters is 1. The van der Waals surface area contributed by atoms with Gasteiger partial charge < -0.3 is 10.5 Å². The van der Waals surface area contributed by atoms with Crippen LogP contribution in [0.3, 0.4) is 0 Å². The normalized spacial score (nSPS) is 13.8. The molecule has 0 aromatic carbocycles. The van der Waals surface area contributed by atoms with Crippen LogP contribution >= 0.6 is 11.8 Å². The molecule has 2 N–H and O–H groups in total. The molecule has 6 heteroatoms. The standard InChI is InChI=1S/C13H21N3O2S/c1-3-18-12(17)13(2,14)7-4-5-9-19-11-6-8-15-10-16-11/h6,8,10H,3-5,7,9,14H2,1-2H3. The van der Waals surface area contributed by atoms with Crippen molar-refractivity contribution in [1.82, 2.24) is 9.97 Å². The zero-order chi connectivity index (χ0) is 14.1. The minimum Gasteiger partial charge on any atom is -0.465 e. The summed E-state index contributed by atoms with van der Waals surface area (Å²) in [6, 6.07) is 1.89. The second kappa shape index (κ2) is 8.12. The van der Waals surface area contributed by atoms with Gasteiger partial charge in [0.05, 0.1) is 11.6 Å². The molecule has 1 aromatic heterocycles. The van der Waals surface area contributed by atoms with Crippen molar-refractivity contribution in [3.05, 3.63) is 18.6 Å². The van der Waals surface area contributed by atoms with Gasteiger partial charge in [0.1, 0.15) is 11.9 Å². The molecular weight excluding hydrogens is 262 g/mol. The van der Waals surface area contributed by atoms with Gasteiger partial charge in [-0.2, -0.15) is 0 Å². The highest BCUT2D eigenvalue weighted by atomic mass is 32.2. The van der Waals surface area contributed by atoms with Crippen molar-refractivity contribution in [3.8, 4) is 0 Å². The molecule has 0 aliphatic heterocycles. The van der Waals surface area contributed by atoms with Gasteiger partial charge in [-0.1, -0.05) is 6.42 Å². The smallest absolute Gasteiger partial charge is 0.325 e. The molecule has 1 atom stereocenters. The maximum absolute atomic E-state index is 11.6. The number of ether oxygens (including phenoxy) is 1. The SMILES string of the molecule is CCOC(=O)C(C)(N)CCCCSc1ccncn1. The molecule has 1 unspecified atom stereocenters. The van der Waals surface area contributed by atoms with E-state index >= 15 is 0 Å². The molecule has 0 spiro atoms. The fourth-order valence-corrected chi connectivity index (χ4v) is 2.37. The third-order valence-electron chi connectivity index (χ3n) is 2.64. The summed E-state index contributed by atoms with van der Waals surface area (Å²) in [5.41, 5.74) is 5.06. The Labute approximate surface area is 118 Å². The lowest BCUT2D eigenvalue weighted by atomic mass is 9.96. The summed E-state index contributed by atoms with van der Waals surface area (Å²) in [7, 11) is 0. The molecule has 1 rings (SSSR count). The van der Waals surface area contributed by atoms with E-state index < -0.39 is 5.54 Å². The first kappa shape index (κ1) is 15.9. The predicted octanol–water partition coefficient (Wildman–Crippen LogP) is 2.02. The van der Waals surface area contributed by atoms with E-state index in [-0.39, 0.29) is 5.97 Å². The van der Waals surface area contributed by atoms with Gasteiger partial charge in [0.15, 0.2) is 0 Å². The van der Waals surface area contributed by atoms with E-state index in [4.69, 9.17) is 10.5 Å². The fraction of sp³-hybridized carbons (Fsp3) is 0.615. The largest absolute Gasteiger partial charge is 0.465 e. The second-order valence-electron chi connectivity index (χ2n) is 4.49. The first-order chi connectivity index (χ1) is 9.06. The second-order valence-corrected chi connectivity index (χ2v) is 5.61. The van der Waals surface area contributed by atoms with Crippen molar-refractivity contribution in [3.63, 3.8) is 0 Å². The molecular formula is C13H21N3O2S. The average molecular weight is 283 g/mol. The van der Waals surface area contributed by atoms with Crippen molar-refractivity contribution in [1.29, 1.82) is 0 Å². The van der Waals surface area contributed by atoms with Crippen LogP contribution in [0, 0.1) is 0 Å². The number of carbonyl (C=O) groups is 1. The molecule has 1 aromatic rings. The Morgan fingerprint density at radius 1 is 1.53 bits per heavy atom. The molecule has 0 saturated carbocycles. The molecule has 0 aliphatic rings. The van der Waals surface area contributed by atoms with E-state index in [1.807, 2.05) is 6.07 Å². The van der Waals surface area contributed by atoms with Crippen molar-refractivity contribution in [2.75, 3.05) is 12.4 Å². The van der Waals surface area contributed by atoms with Crippen LogP contribution in [0.5, 0.6) is 0 Å². The van der Waals surface area contributed by atoms with Gasteiger partial charge in [0.2, 0.25) is 0 Å². The van der Waals surface area contributed by atoms with Crippen LogP contribution in [-0.2, 0) is 9.53 Å². The summed E-state index contributed by atoms with van der Waals surface area (Å²) in [5.74, 6) is 0.633. The van der Waals surface area contributed by atoms with Crippen molar-refractivity contribution < 1.29 is 9.53 Å². The molecule has 0 saturated heterocycles. The minimum atomic E-state index is -0.879. The summed E-state index contributed by atoms with van der Waals surface area (Å²) in [4.78, 5) is 19.6. The van der Waals surface area contributed by atoms with E-state index in [1.165, 1.54) is 0 Å². The van der Waals surface area contributed by atoms with Gasteiger partial charge in [0.25, 0.3) is 0 Å². The molecule has 0 fully saturated rings. The molecule has 0 aliphatic carbocycles. The molecule has 0 radical (unpaired) electrons. The van der Waals surface area contributed by atoms with Gasteiger partial charge in [0, 0.05) is 6.20 Å². The number of rotatable bonds is 8. The van der Waals surface area contributed by atoms with Crippen molar-refractivity contribution >= 4 is 17.7 Å². The lowest BCUT2D eigenvalue weighted by Gasteiger charge is -2.21. The first-order valence-corrected chi connectivity index (χ1v) is 7.39. The zero-order valence-electron chi connectivity index (χ0n) is 11.5. The monoisotopic (exact) mass is 283 g/mol. The Morgan fingerprint density at radius 3 is 2.95 bits per heavy atom. The summed E-state index contributed by atoms with van der Waals surface area (Å²) in [6.45, 7) is 3.88. The number of aromatic nitrogens is 2. The number of carbonyl (C=O) groups excluding carboxylic acids is 1. The zero-order valence-corrected chi connectivity index (χ0v) is 12.3. The van der Waals surface area contributed by atoms with Crippen molar-refractivity contribution in [2.45, 2.75) is 43.7 Å². The average Bonchev–Trinajstić information content (AvgIpc) is 2.39. The van der Waals surface area contributed by atoms with Gasteiger partial charge in [-0.15, -0.1) is 11.8 Å². The number of nitrogens with two attached hydrogens (primary N) is 1. The minimum absolute atomic E-state index is 0.321. The third-order valence-corrected chi connectivity index (χ3v) is 3.67. The molecule has 106 valence electrons. The predicted molar refractivity (Wildman–Crippen MR) is 75.8 cm³/mol. The van der Waals surface area contributed by atoms with Gasteiger partial charge in [-0.3, -0.25) is 4.79 Å². The van der Waals surface area contributed by atoms with Gasteiger partial charge >= 0.3 is 5.97 Å². The number of hydrogen-bond donors (Lipinski definition) is 1. The lowest BCUT2D eigenvalue weighted by molar-refractivity contribution is -0.149. The highest BCUT2D eigenvalue weighted by molar-refractivity contribution is 7.99. The van der Waals surface area contributed by atoms with Gasteiger partial charge in [-0.25, -0.2) is 9.97 Å². The maximum Gasteiger partial charge on any atom is 0.325 e. The third kappa shape index (κ3) is 6.02. The van der Waals surface area contributed by atoms with Crippen LogP contribution < -0.4 is 5.73 Å². The van der Waals surface area contributed by atoms with Crippen LogP contribution in [-0.4, -0.2) is 33.8 Å². The number of nitrogens with zero attached hydrogens (tertiary/aromatic N) is 2. The van der Waals surface area contributed by atoms with E-state index in [0.717, 1.165) is 23.6 Å².